The van der Waals surface area contributed by atoms with E-state index in [-0.39, 0.29) is 0 Å². The first-order valence-electron chi connectivity index (χ1n) is 6.39. The van der Waals surface area contributed by atoms with Crippen molar-refractivity contribution in [1.29, 1.82) is 0 Å². The highest BCUT2D eigenvalue weighted by Gasteiger charge is 2.16. The van der Waals surface area contributed by atoms with Crippen LogP contribution in [0.2, 0.25) is 0 Å². The summed E-state index contributed by atoms with van der Waals surface area (Å²) in [5.74, 6) is 1.59. The van der Waals surface area contributed by atoms with Crippen molar-refractivity contribution in [2.45, 2.75) is 13.0 Å². The molecule has 0 radical (unpaired) electrons. The molecule has 6 heteroatoms. The van der Waals surface area contributed by atoms with E-state index in [0.29, 0.717) is 24.8 Å². The van der Waals surface area contributed by atoms with Gasteiger partial charge in [-0.25, -0.2) is 4.98 Å². The summed E-state index contributed by atoms with van der Waals surface area (Å²) in [5, 5.41) is 4.84. The maximum atomic E-state index is 11.2. The number of anilines is 1. The number of aromatic nitrogens is 1. The molecule has 3 rings (SSSR count). The van der Waals surface area contributed by atoms with Crippen LogP contribution in [0.3, 0.4) is 0 Å². The summed E-state index contributed by atoms with van der Waals surface area (Å²) in [4.78, 5) is 15.4. The minimum absolute atomic E-state index is 0.429. The van der Waals surface area contributed by atoms with Gasteiger partial charge in [-0.15, -0.1) is 0 Å². The zero-order chi connectivity index (χ0) is 14.1. The minimum atomic E-state index is -0.499. The molecule has 0 bridgehead atoms. The number of nitrogens with one attached hydrogen (secondary N) is 1. The molecule has 0 spiro atoms. The van der Waals surface area contributed by atoms with Gasteiger partial charge in [0.2, 0.25) is 5.91 Å². The Morgan fingerprint density at radius 2 is 2.05 bits per heavy atom. The maximum absolute atomic E-state index is 11.2. The van der Waals surface area contributed by atoms with Crippen molar-refractivity contribution in [3.8, 4) is 11.5 Å². The lowest BCUT2D eigenvalue weighted by molar-refractivity contribution is -0.118. The molecule has 1 aromatic heterocycles. The summed E-state index contributed by atoms with van der Waals surface area (Å²) in [6, 6.07) is 5.16. The van der Waals surface area contributed by atoms with Gasteiger partial charge < -0.3 is 20.5 Å². The predicted octanol–water partition coefficient (Wildman–Crippen LogP) is 1.29. The Morgan fingerprint density at radius 3 is 2.75 bits per heavy atom. The number of pyridine rings is 1. The van der Waals surface area contributed by atoms with E-state index in [1.807, 2.05) is 18.2 Å². The number of rotatable bonds is 3. The molecule has 104 valence electrons. The normalized spacial score (nSPS) is 14.8. The Balaban J connectivity index is 2.06. The highest BCUT2D eigenvalue weighted by molar-refractivity contribution is 5.95. The SMILES string of the molecule is CC(Nc1nccc2cc3c(cc12)OCCO3)C(N)=O. The van der Waals surface area contributed by atoms with Crippen molar-refractivity contribution in [2.75, 3.05) is 18.5 Å². The molecule has 0 fully saturated rings. The smallest absolute Gasteiger partial charge is 0.239 e. The van der Waals surface area contributed by atoms with Gasteiger partial charge in [0, 0.05) is 11.6 Å². The van der Waals surface area contributed by atoms with E-state index >= 15 is 0 Å². The molecule has 1 unspecified atom stereocenters. The number of hydrogen-bond donors (Lipinski definition) is 2. The molecule has 1 aromatic carbocycles. The second kappa shape index (κ2) is 4.88. The molecule has 3 N–H and O–H groups in total. The number of benzene rings is 1. The Morgan fingerprint density at radius 1 is 1.35 bits per heavy atom. The Hall–Kier alpha value is -2.50. The summed E-state index contributed by atoms with van der Waals surface area (Å²) in [6.45, 7) is 2.77. The van der Waals surface area contributed by atoms with E-state index in [4.69, 9.17) is 15.2 Å². The second-order valence-corrected chi connectivity index (χ2v) is 4.64. The van der Waals surface area contributed by atoms with Gasteiger partial charge in [0.15, 0.2) is 11.5 Å². The van der Waals surface area contributed by atoms with Gasteiger partial charge >= 0.3 is 0 Å². The third-order valence-electron chi connectivity index (χ3n) is 3.21. The molecule has 1 aliphatic heterocycles. The van der Waals surface area contributed by atoms with Crippen molar-refractivity contribution in [2.24, 2.45) is 5.73 Å². The van der Waals surface area contributed by atoms with Gasteiger partial charge in [-0.1, -0.05) is 0 Å². The topological polar surface area (TPSA) is 86.5 Å². The Labute approximate surface area is 115 Å². The Bertz CT molecular complexity index is 672. The number of fused-ring (bicyclic) bond motifs is 2. The molecule has 2 heterocycles. The molecule has 1 amide bonds. The number of ether oxygens (including phenoxy) is 2. The van der Waals surface area contributed by atoms with Crippen LogP contribution in [0, 0.1) is 0 Å². The van der Waals surface area contributed by atoms with Crippen LogP contribution >= 0.6 is 0 Å². The molecule has 0 saturated heterocycles. The number of carbonyl (C=O) groups excluding carboxylic acids is 1. The van der Waals surface area contributed by atoms with Crippen molar-refractivity contribution >= 4 is 22.5 Å². The largest absolute Gasteiger partial charge is 0.486 e. The maximum Gasteiger partial charge on any atom is 0.239 e. The van der Waals surface area contributed by atoms with E-state index in [2.05, 4.69) is 10.3 Å². The lowest BCUT2D eigenvalue weighted by atomic mass is 10.1. The molecule has 20 heavy (non-hydrogen) atoms. The monoisotopic (exact) mass is 273 g/mol. The lowest BCUT2D eigenvalue weighted by Crippen LogP contribution is -2.32. The quantitative estimate of drug-likeness (QED) is 0.880. The van der Waals surface area contributed by atoms with Gasteiger partial charge in [0.1, 0.15) is 25.1 Å². The highest BCUT2D eigenvalue weighted by atomic mass is 16.6. The van der Waals surface area contributed by atoms with E-state index < -0.39 is 11.9 Å². The van der Waals surface area contributed by atoms with Gasteiger partial charge in [-0.05, 0) is 30.5 Å². The van der Waals surface area contributed by atoms with E-state index in [0.717, 1.165) is 16.5 Å². The molecule has 6 nitrogen and oxygen atoms in total. The molecule has 1 atom stereocenters. The number of hydrogen-bond acceptors (Lipinski definition) is 5. The van der Waals surface area contributed by atoms with Crippen LogP contribution in [0.15, 0.2) is 24.4 Å². The van der Waals surface area contributed by atoms with Gasteiger partial charge in [0.05, 0.1) is 0 Å². The summed E-state index contributed by atoms with van der Waals surface area (Å²) in [5.41, 5.74) is 5.26. The summed E-state index contributed by atoms with van der Waals surface area (Å²) < 4.78 is 11.1. The van der Waals surface area contributed by atoms with Crippen LogP contribution in [0.1, 0.15) is 6.92 Å². The van der Waals surface area contributed by atoms with E-state index in [1.165, 1.54) is 0 Å². The molecule has 2 aromatic rings. The third kappa shape index (κ3) is 2.20. The van der Waals surface area contributed by atoms with Gasteiger partial charge in [-0.3, -0.25) is 4.79 Å². The van der Waals surface area contributed by atoms with Crippen molar-refractivity contribution in [3.63, 3.8) is 0 Å². The number of nitrogens with zero attached hydrogens (tertiary/aromatic N) is 1. The summed E-state index contributed by atoms with van der Waals surface area (Å²) in [6.07, 6.45) is 1.68. The summed E-state index contributed by atoms with van der Waals surface area (Å²) >= 11 is 0. The predicted molar refractivity (Wildman–Crippen MR) is 75.0 cm³/mol. The van der Waals surface area contributed by atoms with Crippen molar-refractivity contribution in [1.82, 2.24) is 4.98 Å². The van der Waals surface area contributed by atoms with E-state index in [9.17, 15) is 4.79 Å². The molecule has 1 aliphatic rings. The first-order valence-corrected chi connectivity index (χ1v) is 6.39. The highest BCUT2D eigenvalue weighted by Crippen LogP contribution is 2.36. The average molecular weight is 273 g/mol. The number of primary amides is 1. The van der Waals surface area contributed by atoms with Gasteiger partial charge in [-0.2, -0.15) is 0 Å². The number of carbonyl (C=O) groups is 1. The number of amides is 1. The fourth-order valence-electron chi connectivity index (χ4n) is 2.10. The van der Waals surface area contributed by atoms with Crippen LogP contribution in [-0.4, -0.2) is 30.1 Å². The number of nitrogens with two attached hydrogens (primary N) is 1. The van der Waals surface area contributed by atoms with E-state index in [1.54, 1.807) is 13.1 Å². The Kier molecular flexibility index (Phi) is 3.06. The molecule has 0 aliphatic carbocycles. The van der Waals surface area contributed by atoms with Crippen LogP contribution in [-0.2, 0) is 4.79 Å². The van der Waals surface area contributed by atoms with Crippen LogP contribution in [0.5, 0.6) is 11.5 Å². The van der Waals surface area contributed by atoms with Crippen molar-refractivity contribution < 1.29 is 14.3 Å². The second-order valence-electron chi connectivity index (χ2n) is 4.64. The van der Waals surface area contributed by atoms with Crippen LogP contribution in [0.25, 0.3) is 10.8 Å². The lowest BCUT2D eigenvalue weighted by Gasteiger charge is -2.20. The zero-order valence-electron chi connectivity index (χ0n) is 11.1. The fourth-order valence-corrected chi connectivity index (χ4v) is 2.10. The van der Waals surface area contributed by atoms with Crippen LogP contribution in [0.4, 0.5) is 5.82 Å². The standard InChI is InChI=1S/C14H15N3O3/c1-8(13(15)18)17-14-10-7-12-11(19-4-5-20-12)6-9(10)2-3-16-14/h2-3,6-8H,4-5H2,1H3,(H2,15,18)(H,16,17). The average Bonchev–Trinajstić information content (AvgIpc) is 2.45. The molecule has 0 saturated carbocycles. The van der Waals surface area contributed by atoms with Gasteiger partial charge in [0.25, 0.3) is 0 Å². The zero-order valence-corrected chi connectivity index (χ0v) is 11.1. The first kappa shape index (κ1) is 12.5. The summed E-state index contributed by atoms with van der Waals surface area (Å²) in [7, 11) is 0. The fraction of sp³-hybridized carbons (Fsp3) is 0.286. The first-order chi connectivity index (χ1) is 9.65. The van der Waals surface area contributed by atoms with Crippen molar-refractivity contribution in [3.05, 3.63) is 24.4 Å². The minimum Gasteiger partial charge on any atom is -0.486 e. The molecular weight excluding hydrogens is 258 g/mol. The third-order valence-corrected chi connectivity index (χ3v) is 3.21. The van der Waals surface area contributed by atoms with Crippen LogP contribution < -0.4 is 20.5 Å². The molecular formula is C14H15N3O3.